The minimum absolute atomic E-state index is 0.0989. The van der Waals surface area contributed by atoms with Crippen LogP contribution < -0.4 is 14.4 Å². The summed E-state index contributed by atoms with van der Waals surface area (Å²) in [7, 11) is 2.91. The molecule has 1 saturated heterocycles. The number of ketones is 1. The molecule has 1 aliphatic rings. The molecular weight excluding hydrogens is 467 g/mol. The molecule has 0 radical (unpaired) electrons. The van der Waals surface area contributed by atoms with Crippen LogP contribution in [0.3, 0.4) is 0 Å². The van der Waals surface area contributed by atoms with Gasteiger partial charge in [0.25, 0.3) is 11.7 Å². The standard InChI is InChI=1S/C24H18Cl2N2O5/c1-32-16-5-3-15(4-6-16)28-20(13-7-9-27-10-8-13)19(22(30)24(28)31)21(29)17-11-14(25)12-18(26)23(17)33-2/h3-12,20,29H,1-2H3/b21-19+. The molecule has 1 fully saturated rings. The highest BCUT2D eigenvalue weighted by Crippen LogP contribution is 2.44. The van der Waals surface area contributed by atoms with E-state index in [-0.39, 0.29) is 26.9 Å². The quantitative estimate of drug-likeness (QED) is 0.310. The lowest BCUT2D eigenvalue weighted by atomic mass is 9.95. The maximum Gasteiger partial charge on any atom is 0.300 e. The number of carbonyl (C=O) groups is 2. The van der Waals surface area contributed by atoms with Crippen LogP contribution in [-0.2, 0) is 9.59 Å². The van der Waals surface area contributed by atoms with Gasteiger partial charge in [-0.15, -0.1) is 0 Å². The van der Waals surface area contributed by atoms with Crippen LogP contribution in [0.2, 0.25) is 10.0 Å². The number of Topliss-reactive ketones (excluding diaryl/α,β-unsaturated/α-hetero) is 1. The van der Waals surface area contributed by atoms with Gasteiger partial charge in [-0.25, -0.2) is 0 Å². The zero-order valence-electron chi connectivity index (χ0n) is 17.6. The van der Waals surface area contributed by atoms with E-state index in [4.69, 9.17) is 32.7 Å². The minimum atomic E-state index is -0.927. The lowest BCUT2D eigenvalue weighted by Crippen LogP contribution is -2.29. The van der Waals surface area contributed by atoms with Crippen molar-refractivity contribution in [2.24, 2.45) is 0 Å². The highest BCUT2D eigenvalue weighted by atomic mass is 35.5. The maximum absolute atomic E-state index is 13.2. The highest BCUT2D eigenvalue weighted by molar-refractivity contribution is 6.51. The topological polar surface area (TPSA) is 89.0 Å². The van der Waals surface area contributed by atoms with Crippen molar-refractivity contribution >= 4 is 46.3 Å². The molecule has 1 atom stereocenters. The normalized spacial score (nSPS) is 17.3. The second-order valence-electron chi connectivity index (χ2n) is 7.12. The van der Waals surface area contributed by atoms with Crippen molar-refractivity contribution in [1.29, 1.82) is 0 Å². The lowest BCUT2D eigenvalue weighted by molar-refractivity contribution is -0.132. The summed E-state index contributed by atoms with van der Waals surface area (Å²) in [5.74, 6) is -1.39. The Balaban J connectivity index is 1.97. The van der Waals surface area contributed by atoms with Gasteiger partial charge < -0.3 is 14.6 Å². The molecule has 2 heterocycles. The van der Waals surface area contributed by atoms with Crippen molar-refractivity contribution in [3.8, 4) is 11.5 Å². The van der Waals surface area contributed by atoms with Crippen LogP contribution in [0.5, 0.6) is 11.5 Å². The second-order valence-corrected chi connectivity index (χ2v) is 7.96. The average molecular weight is 485 g/mol. The van der Waals surface area contributed by atoms with E-state index in [0.29, 0.717) is 17.0 Å². The molecule has 9 heteroatoms. The van der Waals surface area contributed by atoms with Crippen molar-refractivity contribution < 1.29 is 24.2 Å². The van der Waals surface area contributed by atoms with Gasteiger partial charge in [0.1, 0.15) is 17.3 Å². The first-order valence-electron chi connectivity index (χ1n) is 9.75. The molecule has 4 rings (SSSR count). The molecule has 1 aromatic heterocycles. The molecule has 1 amide bonds. The molecule has 1 unspecified atom stereocenters. The molecule has 0 bridgehead atoms. The van der Waals surface area contributed by atoms with Crippen molar-refractivity contribution in [3.05, 3.63) is 87.7 Å². The van der Waals surface area contributed by atoms with E-state index in [1.165, 1.54) is 31.3 Å². The lowest BCUT2D eigenvalue weighted by Gasteiger charge is -2.25. The monoisotopic (exact) mass is 484 g/mol. The number of nitrogens with zero attached hydrogens (tertiary/aromatic N) is 2. The van der Waals surface area contributed by atoms with E-state index in [1.54, 1.807) is 48.8 Å². The number of carbonyl (C=O) groups excluding carboxylic acids is 2. The zero-order chi connectivity index (χ0) is 23.7. The van der Waals surface area contributed by atoms with Gasteiger partial charge in [0.05, 0.1) is 36.4 Å². The van der Waals surface area contributed by atoms with Crippen molar-refractivity contribution in [2.45, 2.75) is 6.04 Å². The first-order chi connectivity index (χ1) is 15.9. The number of rotatable bonds is 5. The average Bonchev–Trinajstić information content (AvgIpc) is 3.09. The Morgan fingerprint density at radius 3 is 2.27 bits per heavy atom. The first kappa shape index (κ1) is 22.6. The third-order valence-electron chi connectivity index (χ3n) is 5.28. The summed E-state index contributed by atoms with van der Waals surface area (Å²) in [5, 5.41) is 11.7. The summed E-state index contributed by atoms with van der Waals surface area (Å²) < 4.78 is 10.5. The summed E-state index contributed by atoms with van der Waals surface area (Å²) in [6, 6.07) is 12.0. The molecule has 0 spiro atoms. The third-order valence-corrected chi connectivity index (χ3v) is 5.78. The Morgan fingerprint density at radius 2 is 1.67 bits per heavy atom. The van der Waals surface area contributed by atoms with E-state index >= 15 is 0 Å². The zero-order valence-corrected chi connectivity index (χ0v) is 19.1. The number of hydrogen-bond acceptors (Lipinski definition) is 6. The van der Waals surface area contributed by atoms with E-state index in [2.05, 4.69) is 4.98 Å². The number of aliphatic hydroxyl groups is 1. The molecule has 7 nitrogen and oxygen atoms in total. The van der Waals surface area contributed by atoms with E-state index < -0.39 is 23.5 Å². The maximum atomic E-state index is 13.2. The van der Waals surface area contributed by atoms with Crippen molar-refractivity contribution in [2.75, 3.05) is 19.1 Å². The van der Waals surface area contributed by atoms with Gasteiger partial charge in [-0.2, -0.15) is 0 Å². The fourth-order valence-corrected chi connectivity index (χ4v) is 4.36. The number of halogens is 2. The fourth-order valence-electron chi connectivity index (χ4n) is 3.79. The predicted molar refractivity (Wildman–Crippen MR) is 125 cm³/mol. The molecule has 2 aromatic carbocycles. The Bertz CT molecular complexity index is 1260. The number of methoxy groups -OCH3 is 2. The number of aromatic nitrogens is 1. The number of ether oxygens (including phenoxy) is 2. The van der Waals surface area contributed by atoms with Gasteiger partial charge in [0.2, 0.25) is 0 Å². The first-order valence-corrected chi connectivity index (χ1v) is 10.5. The summed E-state index contributed by atoms with van der Waals surface area (Å²) in [5.41, 5.74) is 1.00. The minimum Gasteiger partial charge on any atom is -0.507 e. The fraction of sp³-hybridized carbons (Fsp3) is 0.125. The van der Waals surface area contributed by atoms with Gasteiger partial charge >= 0.3 is 0 Å². The molecule has 0 saturated carbocycles. The molecular formula is C24H18Cl2N2O5. The third kappa shape index (κ3) is 4.01. The summed E-state index contributed by atoms with van der Waals surface area (Å²) >= 11 is 12.4. The van der Waals surface area contributed by atoms with Crippen LogP contribution in [0, 0.1) is 0 Å². The predicted octanol–water partition coefficient (Wildman–Crippen LogP) is 5.03. The van der Waals surface area contributed by atoms with Crippen LogP contribution >= 0.6 is 23.2 Å². The van der Waals surface area contributed by atoms with Crippen LogP contribution in [-0.4, -0.2) is 36.0 Å². The Morgan fingerprint density at radius 1 is 1.00 bits per heavy atom. The van der Waals surface area contributed by atoms with Crippen LogP contribution in [0.25, 0.3) is 5.76 Å². The second kappa shape index (κ2) is 9.13. The Labute approximate surface area is 199 Å². The van der Waals surface area contributed by atoms with Crippen molar-refractivity contribution in [1.82, 2.24) is 4.98 Å². The number of benzene rings is 2. The molecule has 168 valence electrons. The number of pyridine rings is 1. The van der Waals surface area contributed by atoms with Crippen molar-refractivity contribution in [3.63, 3.8) is 0 Å². The summed E-state index contributed by atoms with van der Waals surface area (Å²) in [6.07, 6.45) is 3.08. The van der Waals surface area contributed by atoms with Crippen LogP contribution in [0.1, 0.15) is 17.2 Å². The summed E-state index contributed by atoms with van der Waals surface area (Å²) in [6.45, 7) is 0. The van der Waals surface area contributed by atoms with Gasteiger partial charge in [0.15, 0.2) is 0 Å². The number of hydrogen-bond donors (Lipinski definition) is 1. The van der Waals surface area contributed by atoms with Crippen LogP contribution in [0.4, 0.5) is 5.69 Å². The van der Waals surface area contributed by atoms with Gasteiger partial charge in [-0.1, -0.05) is 23.2 Å². The molecule has 1 N–H and O–H groups in total. The number of anilines is 1. The van der Waals surface area contributed by atoms with Gasteiger partial charge in [-0.05, 0) is 54.1 Å². The molecule has 0 aliphatic carbocycles. The smallest absolute Gasteiger partial charge is 0.300 e. The number of aliphatic hydroxyl groups excluding tert-OH is 1. The molecule has 33 heavy (non-hydrogen) atoms. The van der Waals surface area contributed by atoms with Crippen LogP contribution in [0.15, 0.2) is 66.5 Å². The van der Waals surface area contributed by atoms with E-state index in [9.17, 15) is 14.7 Å². The molecule has 1 aliphatic heterocycles. The van der Waals surface area contributed by atoms with Gasteiger partial charge in [0, 0.05) is 23.1 Å². The van der Waals surface area contributed by atoms with E-state index in [0.717, 1.165) is 0 Å². The summed E-state index contributed by atoms with van der Waals surface area (Å²) in [4.78, 5) is 31.7. The Kier molecular flexibility index (Phi) is 6.26. The molecule has 3 aromatic rings. The van der Waals surface area contributed by atoms with E-state index in [1.807, 2.05) is 0 Å². The SMILES string of the molecule is COc1ccc(N2C(=O)C(=O)/C(=C(/O)c3cc(Cl)cc(Cl)c3OC)C2c2ccncc2)cc1. The Hall–Kier alpha value is -3.55. The van der Waals surface area contributed by atoms with Gasteiger partial charge in [-0.3, -0.25) is 19.5 Å². The number of amides is 1. The highest BCUT2D eigenvalue weighted by Gasteiger charge is 2.47. The largest absolute Gasteiger partial charge is 0.507 e.